The molecular formula is C14H24BrClN2OS. The molecule has 0 saturated carbocycles. The van der Waals surface area contributed by atoms with Crippen LogP contribution >= 0.6 is 39.7 Å². The van der Waals surface area contributed by atoms with Crippen molar-refractivity contribution in [1.82, 2.24) is 5.32 Å². The molecule has 0 saturated heterocycles. The number of nitrogens with two attached hydrogens (primary N) is 1. The van der Waals surface area contributed by atoms with Crippen LogP contribution < -0.4 is 11.1 Å². The zero-order valence-electron chi connectivity index (χ0n) is 11.9. The second kappa shape index (κ2) is 11.5. The van der Waals surface area contributed by atoms with Crippen molar-refractivity contribution in [3.05, 3.63) is 20.8 Å². The molecule has 0 radical (unpaired) electrons. The number of halogens is 2. The monoisotopic (exact) mass is 382 g/mol. The van der Waals surface area contributed by atoms with E-state index in [-0.39, 0.29) is 24.4 Å². The van der Waals surface area contributed by atoms with Crippen LogP contribution in [0.2, 0.25) is 0 Å². The van der Waals surface area contributed by atoms with Crippen molar-refractivity contribution in [1.29, 1.82) is 0 Å². The van der Waals surface area contributed by atoms with Crippen LogP contribution in [-0.4, -0.2) is 18.5 Å². The van der Waals surface area contributed by atoms with Crippen molar-refractivity contribution in [3.8, 4) is 0 Å². The predicted molar refractivity (Wildman–Crippen MR) is 92.7 cm³/mol. The maximum absolute atomic E-state index is 11.8. The van der Waals surface area contributed by atoms with Gasteiger partial charge in [0.1, 0.15) is 0 Å². The first-order valence-electron chi connectivity index (χ1n) is 6.89. The zero-order chi connectivity index (χ0) is 14.1. The maximum atomic E-state index is 11.8. The minimum Gasteiger partial charge on any atom is -0.352 e. The summed E-state index contributed by atoms with van der Waals surface area (Å²) < 4.78 is 1.15. The van der Waals surface area contributed by atoms with E-state index in [4.69, 9.17) is 5.73 Å². The number of nitrogens with one attached hydrogen (secondary N) is 1. The average Bonchev–Trinajstić information content (AvgIpc) is 2.80. The van der Waals surface area contributed by atoms with Crippen molar-refractivity contribution in [3.63, 3.8) is 0 Å². The van der Waals surface area contributed by atoms with Gasteiger partial charge in [0.05, 0.1) is 3.79 Å². The minimum atomic E-state index is 0. The van der Waals surface area contributed by atoms with Crippen molar-refractivity contribution >= 4 is 45.6 Å². The Morgan fingerprint density at radius 1 is 1.45 bits per heavy atom. The molecule has 20 heavy (non-hydrogen) atoms. The second-order valence-corrected chi connectivity index (χ2v) is 7.25. The highest BCUT2D eigenvalue weighted by Gasteiger charge is 2.10. The van der Waals surface area contributed by atoms with E-state index >= 15 is 0 Å². The first kappa shape index (κ1) is 19.9. The molecule has 3 nitrogen and oxygen atoms in total. The van der Waals surface area contributed by atoms with Gasteiger partial charge in [-0.1, -0.05) is 19.8 Å². The molecule has 1 aromatic rings. The van der Waals surface area contributed by atoms with Gasteiger partial charge in [-0.25, -0.2) is 0 Å². The Morgan fingerprint density at radius 3 is 2.75 bits per heavy atom. The van der Waals surface area contributed by atoms with Crippen molar-refractivity contribution in [2.75, 3.05) is 6.54 Å². The van der Waals surface area contributed by atoms with E-state index in [1.165, 1.54) is 4.88 Å². The Balaban J connectivity index is 0.00000361. The number of aryl methyl sites for hydroxylation is 1. The lowest BCUT2D eigenvalue weighted by Gasteiger charge is -2.16. The van der Waals surface area contributed by atoms with Gasteiger partial charge < -0.3 is 11.1 Å². The Morgan fingerprint density at radius 2 is 2.20 bits per heavy atom. The van der Waals surface area contributed by atoms with Crippen LogP contribution in [0.25, 0.3) is 0 Å². The Bertz CT molecular complexity index is 387. The van der Waals surface area contributed by atoms with Crippen LogP contribution in [0.4, 0.5) is 0 Å². The van der Waals surface area contributed by atoms with Gasteiger partial charge in [-0.15, -0.1) is 23.7 Å². The van der Waals surface area contributed by atoms with E-state index in [2.05, 4.69) is 40.3 Å². The van der Waals surface area contributed by atoms with E-state index < -0.39 is 0 Å². The van der Waals surface area contributed by atoms with Gasteiger partial charge in [-0.2, -0.15) is 0 Å². The number of carbonyl (C=O) groups is 1. The van der Waals surface area contributed by atoms with Crippen LogP contribution in [0.5, 0.6) is 0 Å². The molecule has 0 aliphatic rings. The fourth-order valence-corrected chi connectivity index (χ4v) is 3.43. The highest BCUT2D eigenvalue weighted by Crippen LogP contribution is 2.23. The molecule has 0 aromatic carbocycles. The number of rotatable bonds is 9. The molecule has 6 heteroatoms. The first-order chi connectivity index (χ1) is 9.15. The lowest BCUT2D eigenvalue weighted by atomic mass is 10.1. The summed E-state index contributed by atoms with van der Waals surface area (Å²) >= 11 is 5.18. The fourth-order valence-electron chi connectivity index (χ4n) is 1.91. The third-order valence-electron chi connectivity index (χ3n) is 3.01. The third kappa shape index (κ3) is 8.25. The molecule has 1 rings (SSSR count). The normalized spacial score (nSPS) is 11.8. The van der Waals surface area contributed by atoms with Gasteiger partial charge in [0.2, 0.25) is 5.91 Å². The Labute approximate surface area is 140 Å². The zero-order valence-corrected chi connectivity index (χ0v) is 15.1. The van der Waals surface area contributed by atoms with Gasteiger partial charge in [0, 0.05) is 23.9 Å². The van der Waals surface area contributed by atoms with Gasteiger partial charge >= 0.3 is 0 Å². The molecule has 1 aromatic heterocycles. The van der Waals surface area contributed by atoms with Gasteiger partial charge in [-0.05, 0) is 47.3 Å². The quantitative estimate of drug-likeness (QED) is 0.679. The highest BCUT2D eigenvalue weighted by atomic mass is 79.9. The summed E-state index contributed by atoms with van der Waals surface area (Å²) in [4.78, 5) is 13.1. The van der Waals surface area contributed by atoms with Crippen LogP contribution in [-0.2, 0) is 11.2 Å². The molecule has 1 atom stereocenters. The van der Waals surface area contributed by atoms with Crippen LogP contribution in [0.15, 0.2) is 15.9 Å². The lowest BCUT2D eigenvalue weighted by molar-refractivity contribution is -0.121. The summed E-state index contributed by atoms with van der Waals surface area (Å²) in [6.45, 7) is 2.68. The summed E-state index contributed by atoms with van der Waals surface area (Å²) in [6, 6.07) is 4.30. The number of amides is 1. The first-order valence-corrected chi connectivity index (χ1v) is 8.50. The van der Waals surface area contributed by atoms with Gasteiger partial charge in [0.25, 0.3) is 0 Å². The fraction of sp³-hybridized carbons (Fsp3) is 0.643. The molecular weight excluding hydrogens is 360 g/mol. The standard InChI is InChI=1S/C14H23BrN2OS.ClH/c1-2-3-5-11(10-16)17-14(18)7-4-6-12-8-9-13(15)19-12;/h8-9,11H,2-7,10,16H2,1H3,(H,17,18);1H. The molecule has 1 amide bonds. The van der Waals surface area contributed by atoms with E-state index in [1.807, 2.05) is 0 Å². The van der Waals surface area contributed by atoms with E-state index in [0.717, 1.165) is 35.9 Å². The third-order valence-corrected chi connectivity index (χ3v) is 4.70. The molecule has 1 heterocycles. The van der Waals surface area contributed by atoms with E-state index in [1.54, 1.807) is 11.3 Å². The second-order valence-electron chi connectivity index (χ2n) is 4.70. The summed E-state index contributed by atoms with van der Waals surface area (Å²) in [6.07, 6.45) is 5.68. The van der Waals surface area contributed by atoms with Crippen LogP contribution in [0, 0.1) is 0 Å². The van der Waals surface area contributed by atoms with Crippen molar-refractivity contribution < 1.29 is 4.79 Å². The van der Waals surface area contributed by atoms with Crippen LogP contribution in [0.3, 0.4) is 0 Å². The number of unbranched alkanes of at least 4 members (excludes halogenated alkanes) is 1. The number of hydrogen-bond donors (Lipinski definition) is 2. The molecule has 0 aliphatic carbocycles. The Hall–Kier alpha value is -0.100. The predicted octanol–water partition coefficient (Wildman–Crippen LogP) is 3.89. The Kier molecular flexibility index (Phi) is 11.5. The van der Waals surface area contributed by atoms with Crippen molar-refractivity contribution in [2.24, 2.45) is 5.73 Å². The van der Waals surface area contributed by atoms with E-state index in [0.29, 0.717) is 13.0 Å². The van der Waals surface area contributed by atoms with Gasteiger partial charge in [-0.3, -0.25) is 4.79 Å². The smallest absolute Gasteiger partial charge is 0.220 e. The molecule has 0 fully saturated rings. The minimum absolute atomic E-state index is 0. The summed E-state index contributed by atoms with van der Waals surface area (Å²) in [7, 11) is 0. The SMILES string of the molecule is CCCCC(CN)NC(=O)CCCc1ccc(Br)s1.Cl. The molecule has 0 aliphatic heterocycles. The average molecular weight is 384 g/mol. The summed E-state index contributed by atoms with van der Waals surface area (Å²) in [5.41, 5.74) is 5.67. The molecule has 116 valence electrons. The highest BCUT2D eigenvalue weighted by molar-refractivity contribution is 9.11. The summed E-state index contributed by atoms with van der Waals surface area (Å²) in [5.74, 6) is 0.127. The maximum Gasteiger partial charge on any atom is 0.220 e. The lowest BCUT2D eigenvalue weighted by Crippen LogP contribution is -2.40. The van der Waals surface area contributed by atoms with Crippen molar-refractivity contribution in [2.45, 2.75) is 51.5 Å². The number of hydrogen-bond acceptors (Lipinski definition) is 3. The molecule has 0 spiro atoms. The number of carbonyl (C=O) groups excluding carboxylic acids is 1. The largest absolute Gasteiger partial charge is 0.352 e. The number of thiophene rings is 1. The summed E-state index contributed by atoms with van der Waals surface area (Å²) in [5, 5.41) is 3.02. The van der Waals surface area contributed by atoms with E-state index in [9.17, 15) is 4.79 Å². The topological polar surface area (TPSA) is 55.1 Å². The van der Waals surface area contributed by atoms with Gasteiger partial charge in [0.15, 0.2) is 0 Å². The molecule has 1 unspecified atom stereocenters. The van der Waals surface area contributed by atoms with Crippen LogP contribution in [0.1, 0.15) is 43.9 Å². The molecule has 3 N–H and O–H groups in total. The molecule has 0 bridgehead atoms.